The summed E-state index contributed by atoms with van der Waals surface area (Å²) >= 11 is 3.47. The van der Waals surface area contributed by atoms with Crippen molar-refractivity contribution in [2.24, 2.45) is 0 Å². The van der Waals surface area contributed by atoms with Gasteiger partial charge < -0.3 is 9.64 Å². The number of anilines is 1. The molecule has 1 aromatic heterocycles. The first-order chi connectivity index (χ1) is 15.0. The molecule has 0 fully saturated rings. The van der Waals surface area contributed by atoms with Crippen molar-refractivity contribution in [3.63, 3.8) is 0 Å². The van der Waals surface area contributed by atoms with E-state index >= 15 is 0 Å². The van der Waals surface area contributed by atoms with E-state index in [1.807, 2.05) is 78.9 Å². The van der Waals surface area contributed by atoms with Crippen LogP contribution in [0.15, 0.2) is 89.4 Å². The molecule has 31 heavy (non-hydrogen) atoms. The number of ether oxygens (including phenoxy) is 1. The average Bonchev–Trinajstić information content (AvgIpc) is 2.81. The number of hydrogen-bond donors (Lipinski definition) is 0. The van der Waals surface area contributed by atoms with Crippen LogP contribution >= 0.6 is 15.9 Å². The van der Waals surface area contributed by atoms with Crippen molar-refractivity contribution in [2.75, 3.05) is 18.6 Å². The largest absolute Gasteiger partial charge is 0.452 e. The highest BCUT2D eigenvalue weighted by Crippen LogP contribution is 2.27. The monoisotopic (exact) mass is 474 g/mol. The molecule has 0 bridgehead atoms. The summed E-state index contributed by atoms with van der Waals surface area (Å²) in [7, 11) is 1.65. The quantitative estimate of drug-likeness (QED) is 0.359. The molecule has 1 heterocycles. The summed E-state index contributed by atoms with van der Waals surface area (Å²) in [6.45, 7) is -0.354. The van der Waals surface area contributed by atoms with E-state index in [9.17, 15) is 9.59 Å². The summed E-state index contributed by atoms with van der Waals surface area (Å²) in [6.07, 6.45) is 0. The highest BCUT2D eigenvalue weighted by molar-refractivity contribution is 9.10. The van der Waals surface area contributed by atoms with Gasteiger partial charge in [0.25, 0.3) is 5.91 Å². The zero-order chi connectivity index (χ0) is 21.8. The number of benzene rings is 3. The lowest BCUT2D eigenvalue weighted by atomic mass is 10.0. The highest BCUT2D eigenvalue weighted by Gasteiger charge is 2.18. The fourth-order valence-corrected chi connectivity index (χ4v) is 3.64. The van der Waals surface area contributed by atoms with Crippen LogP contribution < -0.4 is 4.90 Å². The number of para-hydroxylation sites is 2. The van der Waals surface area contributed by atoms with E-state index in [0.717, 1.165) is 15.7 Å². The van der Waals surface area contributed by atoms with E-state index in [2.05, 4.69) is 20.9 Å². The number of hydrogen-bond acceptors (Lipinski definition) is 4. The molecule has 0 radical (unpaired) electrons. The van der Waals surface area contributed by atoms with Gasteiger partial charge in [-0.15, -0.1) is 0 Å². The lowest BCUT2D eigenvalue weighted by Gasteiger charge is -2.17. The topological polar surface area (TPSA) is 59.5 Å². The molecule has 0 aliphatic carbocycles. The Kier molecular flexibility index (Phi) is 6.09. The summed E-state index contributed by atoms with van der Waals surface area (Å²) in [4.78, 5) is 31.6. The molecular weight excluding hydrogens is 456 g/mol. The molecule has 3 aromatic carbocycles. The number of rotatable bonds is 5. The van der Waals surface area contributed by atoms with Crippen molar-refractivity contribution < 1.29 is 14.3 Å². The van der Waals surface area contributed by atoms with Crippen LogP contribution in [0, 0.1) is 0 Å². The Balaban J connectivity index is 1.60. The Labute approximate surface area is 188 Å². The molecule has 1 amide bonds. The minimum atomic E-state index is -0.565. The number of nitrogens with zero attached hydrogens (tertiary/aromatic N) is 2. The van der Waals surface area contributed by atoms with Gasteiger partial charge in [-0.25, -0.2) is 9.78 Å². The molecule has 0 atom stereocenters. The molecule has 6 heteroatoms. The number of likely N-dealkylation sites (N-methyl/N-ethyl adjacent to an activating group) is 1. The van der Waals surface area contributed by atoms with E-state index in [4.69, 9.17) is 4.74 Å². The molecule has 5 nitrogen and oxygen atoms in total. The summed E-state index contributed by atoms with van der Waals surface area (Å²) in [5.41, 5.74) is 3.30. The fraction of sp³-hybridized carbons (Fsp3) is 0.0800. The van der Waals surface area contributed by atoms with E-state index in [1.54, 1.807) is 13.1 Å². The number of pyridine rings is 1. The van der Waals surface area contributed by atoms with E-state index in [-0.39, 0.29) is 12.5 Å². The van der Waals surface area contributed by atoms with Crippen molar-refractivity contribution in [1.29, 1.82) is 0 Å². The Morgan fingerprint density at radius 2 is 1.68 bits per heavy atom. The molecule has 0 unspecified atom stereocenters. The van der Waals surface area contributed by atoms with Crippen molar-refractivity contribution in [2.45, 2.75) is 0 Å². The average molecular weight is 475 g/mol. The zero-order valence-electron chi connectivity index (χ0n) is 16.8. The highest BCUT2D eigenvalue weighted by atomic mass is 79.9. The molecule has 0 saturated carbocycles. The van der Waals surface area contributed by atoms with Gasteiger partial charge in [-0.05, 0) is 36.4 Å². The lowest BCUT2D eigenvalue weighted by molar-refractivity contribution is -0.121. The molecule has 0 N–H and O–H groups in total. The maximum absolute atomic E-state index is 12.9. The van der Waals surface area contributed by atoms with E-state index in [1.165, 1.54) is 4.90 Å². The molecule has 0 saturated heterocycles. The van der Waals surface area contributed by atoms with Crippen LogP contribution in [-0.4, -0.2) is 30.5 Å². The number of aromatic nitrogens is 1. The normalized spacial score (nSPS) is 10.6. The molecule has 154 valence electrons. The van der Waals surface area contributed by atoms with Gasteiger partial charge in [-0.3, -0.25) is 4.79 Å². The van der Waals surface area contributed by atoms with Gasteiger partial charge in [0.05, 0.1) is 16.8 Å². The summed E-state index contributed by atoms with van der Waals surface area (Å²) in [6, 6.07) is 26.0. The summed E-state index contributed by atoms with van der Waals surface area (Å²) in [5, 5.41) is 0.676. The maximum Gasteiger partial charge on any atom is 0.339 e. The van der Waals surface area contributed by atoms with Crippen molar-refractivity contribution in [1.82, 2.24) is 4.98 Å². The van der Waals surface area contributed by atoms with Gasteiger partial charge >= 0.3 is 5.97 Å². The Bertz CT molecular complexity index is 1260. The molecule has 0 aliphatic rings. The molecule has 0 aliphatic heterocycles. The van der Waals surface area contributed by atoms with Gasteiger partial charge in [-0.1, -0.05) is 64.5 Å². The van der Waals surface area contributed by atoms with Crippen LogP contribution in [0.25, 0.3) is 22.2 Å². The first kappa shape index (κ1) is 20.8. The number of fused-ring (bicyclic) bond motifs is 1. The zero-order valence-corrected chi connectivity index (χ0v) is 18.4. The Morgan fingerprint density at radius 1 is 0.935 bits per heavy atom. The fourth-order valence-electron chi connectivity index (χ4n) is 3.24. The number of amides is 1. The Hall–Kier alpha value is -3.51. The molecule has 0 spiro atoms. The number of carbonyl (C=O) groups is 2. The van der Waals surface area contributed by atoms with Crippen molar-refractivity contribution in [3.05, 3.63) is 95.0 Å². The van der Waals surface area contributed by atoms with Crippen LogP contribution in [0.4, 0.5) is 5.69 Å². The standard InChI is InChI=1S/C25H19BrN2O3/c1-28(19-10-3-2-4-11-19)24(29)16-31-25(30)21-15-23(17-8-7-9-18(26)14-17)27-22-13-6-5-12-20(21)22/h2-15H,16H2,1H3. The van der Waals surface area contributed by atoms with Crippen LogP contribution in [0.5, 0.6) is 0 Å². The van der Waals surface area contributed by atoms with Gasteiger partial charge in [-0.2, -0.15) is 0 Å². The van der Waals surface area contributed by atoms with Gasteiger partial charge in [0.15, 0.2) is 6.61 Å². The lowest BCUT2D eigenvalue weighted by Crippen LogP contribution is -2.31. The minimum absolute atomic E-state index is 0.315. The van der Waals surface area contributed by atoms with E-state index < -0.39 is 5.97 Å². The third kappa shape index (κ3) is 4.64. The third-order valence-electron chi connectivity index (χ3n) is 4.90. The van der Waals surface area contributed by atoms with Crippen LogP contribution in [0.2, 0.25) is 0 Å². The second-order valence-corrected chi connectivity index (χ2v) is 7.86. The minimum Gasteiger partial charge on any atom is -0.452 e. The molecule has 4 rings (SSSR count). The van der Waals surface area contributed by atoms with Crippen molar-refractivity contribution in [3.8, 4) is 11.3 Å². The summed E-state index contributed by atoms with van der Waals surface area (Å²) in [5.74, 6) is -0.880. The van der Waals surface area contributed by atoms with Gasteiger partial charge in [0.2, 0.25) is 0 Å². The first-order valence-electron chi connectivity index (χ1n) is 9.67. The third-order valence-corrected chi connectivity index (χ3v) is 5.39. The number of carbonyl (C=O) groups excluding carboxylic acids is 2. The van der Waals surface area contributed by atoms with Crippen molar-refractivity contribution >= 4 is 44.4 Å². The number of esters is 1. The smallest absolute Gasteiger partial charge is 0.339 e. The van der Waals surface area contributed by atoms with Gasteiger partial charge in [0.1, 0.15) is 0 Å². The first-order valence-corrected chi connectivity index (χ1v) is 10.5. The molecular formula is C25H19BrN2O3. The van der Waals surface area contributed by atoms with Crippen LogP contribution in [-0.2, 0) is 9.53 Å². The Morgan fingerprint density at radius 3 is 2.45 bits per heavy atom. The number of halogens is 1. The van der Waals surface area contributed by atoms with Crippen LogP contribution in [0.3, 0.4) is 0 Å². The van der Waals surface area contributed by atoms with Gasteiger partial charge in [0, 0.05) is 28.2 Å². The SMILES string of the molecule is CN(C(=O)COC(=O)c1cc(-c2cccc(Br)c2)nc2ccccc12)c1ccccc1. The molecule has 4 aromatic rings. The van der Waals surface area contributed by atoms with Crippen LogP contribution in [0.1, 0.15) is 10.4 Å². The maximum atomic E-state index is 12.9. The second kappa shape index (κ2) is 9.10. The predicted molar refractivity (Wildman–Crippen MR) is 125 cm³/mol. The summed E-state index contributed by atoms with van der Waals surface area (Å²) < 4.78 is 6.30. The van der Waals surface area contributed by atoms with E-state index in [0.29, 0.717) is 22.2 Å². The second-order valence-electron chi connectivity index (χ2n) is 6.95. The predicted octanol–water partition coefficient (Wildman–Crippen LogP) is 5.48.